The summed E-state index contributed by atoms with van der Waals surface area (Å²) >= 11 is 67.4. The third kappa shape index (κ3) is 17.9. The van der Waals surface area contributed by atoms with E-state index in [-0.39, 0.29) is 0 Å². The molecule has 0 amide bonds. The Morgan fingerprint density at radius 1 is 0.360 bits per heavy atom. The van der Waals surface area contributed by atoms with Gasteiger partial charge in [0.05, 0.1) is 0 Å². The summed E-state index contributed by atoms with van der Waals surface area (Å²) < 4.78 is 13.2. The Bertz CT molecular complexity index is 318. The molecule has 0 saturated carbocycles. The monoisotopic (exact) mass is 600 g/mol. The quantitative estimate of drug-likeness (QED) is 0.218. The molecule has 0 aromatic rings. The lowest BCUT2D eigenvalue weighted by Crippen LogP contribution is -2.48. The van der Waals surface area contributed by atoms with Crippen LogP contribution in [0.2, 0.25) is 0 Å². The van der Waals surface area contributed by atoms with E-state index < -0.39 is 47.8 Å². The lowest BCUT2D eigenvalue weighted by molar-refractivity contribution is -0.498. The highest BCUT2D eigenvalue weighted by Gasteiger charge is 2.44. The molecule has 0 heterocycles. The minimum Gasteiger partial charge on any atom is -0.299 e. The largest absolute Gasteiger partial charge is 0.413 e. The highest BCUT2D eigenvalue weighted by atomic mass is 35.6. The van der Waals surface area contributed by atoms with Crippen molar-refractivity contribution in [2.24, 2.45) is 0 Å². The number of alkyl halides is 12. The summed E-state index contributed by atoms with van der Waals surface area (Å²) in [6.45, 7) is -2.46. The zero-order chi connectivity index (χ0) is 20.2. The van der Waals surface area contributed by atoms with E-state index in [1.54, 1.807) is 0 Å². The molecule has 16 heteroatoms. The summed E-state index contributed by atoms with van der Waals surface area (Å²) in [5.74, 6) is 0. The van der Waals surface area contributed by atoms with Gasteiger partial charge in [0.15, 0.2) is 0 Å². The molecule has 0 aromatic carbocycles. The fourth-order valence-electron chi connectivity index (χ4n) is 0.931. The molecule has 0 fully saturated rings. The van der Waals surface area contributed by atoms with Crippen LogP contribution in [0.3, 0.4) is 0 Å². The number of rotatable bonds is 8. The van der Waals surface area contributed by atoms with Gasteiger partial charge in [-0.3, -0.25) is 18.9 Å². The van der Waals surface area contributed by atoms with Crippen molar-refractivity contribution >= 4 is 139 Å². The molecule has 0 aromatic heterocycles. The summed E-state index contributed by atoms with van der Waals surface area (Å²) in [7, 11) is 0. The van der Waals surface area contributed by atoms with Crippen LogP contribution in [-0.4, -0.2) is 47.8 Å². The standard InChI is InChI=1S/C9H8Cl12O4/c10-5(11,12)1-22-9(23-2-6(13,14)15,24-3-7(16,17)18)25-4-8(19,20)21/h1-4H2. The van der Waals surface area contributed by atoms with Crippen molar-refractivity contribution in [3.05, 3.63) is 0 Å². The second kappa shape index (κ2) is 11.1. The SMILES string of the molecule is ClC(Cl)(Cl)COC(OCC(Cl)(Cl)Cl)(OCC(Cl)(Cl)Cl)OCC(Cl)(Cl)Cl. The summed E-state index contributed by atoms with van der Waals surface area (Å²) in [6.07, 6.45) is -2.48. The van der Waals surface area contributed by atoms with E-state index in [4.69, 9.17) is 158 Å². The Kier molecular flexibility index (Phi) is 12.6. The van der Waals surface area contributed by atoms with Gasteiger partial charge in [0.1, 0.15) is 26.4 Å². The Labute approximate surface area is 204 Å². The fraction of sp³-hybridized carbons (Fsp3) is 1.00. The first-order valence-electron chi connectivity index (χ1n) is 5.65. The molecule has 0 spiro atoms. The van der Waals surface area contributed by atoms with Crippen molar-refractivity contribution < 1.29 is 18.9 Å². The Hall–Kier alpha value is 3.32. The van der Waals surface area contributed by atoms with Gasteiger partial charge < -0.3 is 0 Å². The van der Waals surface area contributed by atoms with Crippen LogP contribution in [0.15, 0.2) is 0 Å². The molecule has 0 unspecified atom stereocenters. The highest BCUT2D eigenvalue weighted by Crippen LogP contribution is 2.36. The first-order valence-corrected chi connectivity index (χ1v) is 10.2. The summed E-state index contributed by atoms with van der Waals surface area (Å²) in [6, 6.07) is 0. The average Bonchev–Trinajstić information content (AvgIpc) is 2.33. The van der Waals surface area contributed by atoms with Gasteiger partial charge in [-0.25, -0.2) is 0 Å². The Balaban J connectivity index is 5.41. The molecular weight excluding hydrogens is 598 g/mol. The van der Waals surface area contributed by atoms with E-state index in [0.717, 1.165) is 0 Å². The second-order valence-corrected chi connectivity index (χ2v) is 14.2. The number of hydrogen-bond acceptors (Lipinski definition) is 4. The maximum absolute atomic E-state index is 5.61. The molecule has 0 atom stereocenters. The van der Waals surface area contributed by atoms with Crippen molar-refractivity contribution in [3.8, 4) is 0 Å². The van der Waals surface area contributed by atoms with Crippen LogP contribution in [-0.2, 0) is 18.9 Å². The number of halogens is 12. The Morgan fingerprint density at radius 3 is 0.640 bits per heavy atom. The Morgan fingerprint density at radius 2 is 0.520 bits per heavy atom. The zero-order valence-corrected chi connectivity index (χ0v) is 20.6. The number of hydrogen-bond donors (Lipinski definition) is 0. The van der Waals surface area contributed by atoms with E-state index in [2.05, 4.69) is 0 Å². The van der Waals surface area contributed by atoms with Crippen LogP contribution in [0.5, 0.6) is 0 Å². The van der Waals surface area contributed by atoms with Crippen LogP contribution in [0.25, 0.3) is 0 Å². The van der Waals surface area contributed by atoms with Gasteiger partial charge >= 0.3 is 6.16 Å². The van der Waals surface area contributed by atoms with Gasteiger partial charge in [-0.2, -0.15) is 0 Å². The molecule has 152 valence electrons. The molecule has 0 rings (SSSR count). The lowest BCUT2D eigenvalue weighted by Gasteiger charge is -2.35. The highest BCUT2D eigenvalue weighted by molar-refractivity contribution is 6.69. The molecule has 0 aliphatic heterocycles. The van der Waals surface area contributed by atoms with Crippen LogP contribution in [0.4, 0.5) is 0 Å². The van der Waals surface area contributed by atoms with Crippen molar-refractivity contribution in [2.75, 3.05) is 26.4 Å². The molecular formula is C9H8Cl12O4. The zero-order valence-electron chi connectivity index (χ0n) is 11.5. The fourth-order valence-corrected chi connectivity index (χ4v) is 1.59. The predicted octanol–water partition coefficient (Wildman–Crippen LogP) is 7.14. The maximum Gasteiger partial charge on any atom is 0.413 e. The van der Waals surface area contributed by atoms with Crippen molar-refractivity contribution in [1.29, 1.82) is 0 Å². The summed E-state index contributed by atoms with van der Waals surface area (Å²) in [5, 5.41) is 0. The van der Waals surface area contributed by atoms with E-state index in [0.29, 0.717) is 0 Å². The van der Waals surface area contributed by atoms with Crippen molar-refractivity contribution in [2.45, 2.75) is 21.3 Å². The first kappa shape index (κ1) is 28.3. The minimum atomic E-state index is -2.48. The van der Waals surface area contributed by atoms with Crippen LogP contribution in [0.1, 0.15) is 0 Å². The predicted molar refractivity (Wildman–Crippen MR) is 108 cm³/mol. The van der Waals surface area contributed by atoms with E-state index >= 15 is 0 Å². The smallest absolute Gasteiger partial charge is 0.299 e. The third-order valence-electron chi connectivity index (χ3n) is 1.65. The van der Waals surface area contributed by atoms with Crippen molar-refractivity contribution in [3.63, 3.8) is 0 Å². The van der Waals surface area contributed by atoms with E-state index in [1.807, 2.05) is 0 Å². The molecule has 0 aliphatic carbocycles. The van der Waals surface area contributed by atoms with Gasteiger partial charge in [-0.05, 0) is 0 Å². The van der Waals surface area contributed by atoms with Gasteiger partial charge in [-0.15, -0.1) is 0 Å². The van der Waals surface area contributed by atoms with E-state index in [9.17, 15) is 0 Å². The maximum atomic E-state index is 5.61. The van der Waals surface area contributed by atoms with Gasteiger partial charge in [0, 0.05) is 0 Å². The van der Waals surface area contributed by atoms with E-state index in [1.165, 1.54) is 0 Å². The first-order chi connectivity index (χ1) is 10.8. The van der Waals surface area contributed by atoms with Crippen LogP contribution >= 0.6 is 139 Å². The topological polar surface area (TPSA) is 36.9 Å². The van der Waals surface area contributed by atoms with Crippen molar-refractivity contribution in [1.82, 2.24) is 0 Å². The molecule has 0 N–H and O–H groups in total. The summed E-state index contributed by atoms with van der Waals surface area (Å²) in [5.41, 5.74) is 0. The molecule has 0 aliphatic rings. The molecule has 0 saturated heterocycles. The number of ether oxygens (including phenoxy) is 4. The third-order valence-corrected chi connectivity index (χ3v) is 2.96. The minimum absolute atomic E-state index is 0.614. The van der Waals surface area contributed by atoms with Gasteiger partial charge in [0.25, 0.3) is 0 Å². The molecule has 25 heavy (non-hydrogen) atoms. The molecule has 4 nitrogen and oxygen atoms in total. The lowest BCUT2D eigenvalue weighted by atomic mass is 10.7. The summed E-state index contributed by atoms with van der Waals surface area (Å²) in [4.78, 5) is 0. The normalized spacial score (nSPS) is 14.9. The molecule has 0 radical (unpaired) electrons. The average molecular weight is 606 g/mol. The van der Waals surface area contributed by atoms with Crippen LogP contribution < -0.4 is 0 Å². The van der Waals surface area contributed by atoms with Gasteiger partial charge in [0.2, 0.25) is 15.2 Å². The molecule has 0 bridgehead atoms. The van der Waals surface area contributed by atoms with Crippen LogP contribution in [0, 0.1) is 0 Å². The second-order valence-electron chi connectivity index (χ2n) is 4.12. The van der Waals surface area contributed by atoms with Gasteiger partial charge in [-0.1, -0.05) is 139 Å².